The van der Waals surface area contributed by atoms with E-state index in [4.69, 9.17) is 4.74 Å². The second-order valence-corrected chi connectivity index (χ2v) is 9.70. The Morgan fingerprint density at radius 2 is 1.83 bits per heavy atom. The predicted octanol–water partition coefficient (Wildman–Crippen LogP) is 4.73. The van der Waals surface area contributed by atoms with Gasteiger partial charge in [-0.3, -0.25) is 9.59 Å². The van der Waals surface area contributed by atoms with Gasteiger partial charge in [0.2, 0.25) is 10.9 Å². The first kappa shape index (κ1) is 21.8. The standard InChI is InChI=1S/C21H27N3O3S2/c1-13-9-14(2)19(15(3)10-13)17(25)11-27-18(26)12-28-21-24-23-20(29-21)22-16-7-5-4-6-8-16/h9-10,16H,4-8,11-12H2,1-3H3,(H,22,23). The minimum absolute atomic E-state index is 0.108. The number of ether oxygens (including phenoxy) is 1. The van der Waals surface area contributed by atoms with Gasteiger partial charge in [-0.25, -0.2) is 0 Å². The third kappa shape index (κ3) is 6.27. The van der Waals surface area contributed by atoms with Crippen molar-refractivity contribution in [3.8, 4) is 0 Å². The number of carbonyl (C=O) groups excluding carboxylic acids is 2. The molecular weight excluding hydrogens is 406 g/mol. The molecule has 29 heavy (non-hydrogen) atoms. The van der Waals surface area contributed by atoms with Crippen LogP contribution >= 0.6 is 23.1 Å². The quantitative estimate of drug-likeness (QED) is 0.366. The van der Waals surface area contributed by atoms with Crippen LogP contribution in [-0.2, 0) is 9.53 Å². The monoisotopic (exact) mass is 433 g/mol. The smallest absolute Gasteiger partial charge is 0.316 e. The fraction of sp³-hybridized carbons (Fsp3) is 0.524. The Kier molecular flexibility index (Phi) is 7.66. The first-order valence-electron chi connectivity index (χ1n) is 9.92. The largest absolute Gasteiger partial charge is 0.457 e. The SMILES string of the molecule is Cc1cc(C)c(C(=O)COC(=O)CSc2nnc(NC3CCCCC3)s2)c(C)c1. The van der Waals surface area contributed by atoms with Crippen molar-refractivity contribution in [3.05, 3.63) is 34.4 Å². The summed E-state index contributed by atoms with van der Waals surface area (Å²) in [4.78, 5) is 24.5. The molecule has 0 bridgehead atoms. The maximum atomic E-state index is 12.5. The highest BCUT2D eigenvalue weighted by atomic mass is 32.2. The fourth-order valence-corrected chi connectivity index (χ4v) is 5.38. The molecule has 0 atom stereocenters. The van der Waals surface area contributed by atoms with Gasteiger partial charge in [0.15, 0.2) is 10.9 Å². The van der Waals surface area contributed by atoms with E-state index < -0.39 is 5.97 Å². The van der Waals surface area contributed by atoms with Gasteiger partial charge in [0.05, 0.1) is 5.75 Å². The number of nitrogens with zero attached hydrogens (tertiary/aromatic N) is 2. The molecule has 1 aliphatic rings. The number of hydrogen-bond acceptors (Lipinski definition) is 8. The van der Waals surface area contributed by atoms with Crippen LogP contribution < -0.4 is 5.32 Å². The first-order valence-corrected chi connectivity index (χ1v) is 11.7. The number of anilines is 1. The summed E-state index contributed by atoms with van der Waals surface area (Å²) in [6.07, 6.45) is 6.16. The summed E-state index contributed by atoms with van der Waals surface area (Å²) >= 11 is 2.74. The number of esters is 1. The molecule has 1 saturated carbocycles. The molecule has 0 spiro atoms. The number of hydrogen-bond donors (Lipinski definition) is 1. The predicted molar refractivity (Wildman–Crippen MR) is 117 cm³/mol. The summed E-state index contributed by atoms with van der Waals surface area (Å²) in [6, 6.07) is 4.40. The highest BCUT2D eigenvalue weighted by Crippen LogP contribution is 2.28. The number of aryl methyl sites for hydroxylation is 3. The van der Waals surface area contributed by atoms with Gasteiger partial charge in [-0.1, -0.05) is 60.1 Å². The van der Waals surface area contributed by atoms with Crippen LogP contribution in [0.15, 0.2) is 16.5 Å². The van der Waals surface area contributed by atoms with Crippen LogP contribution in [-0.4, -0.2) is 40.4 Å². The molecule has 1 aromatic carbocycles. The molecule has 3 rings (SSSR count). The van der Waals surface area contributed by atoms with E-state index in [0.29, 0.717) is 11.6 Å². The van der Waals surface area contributed by atoms with Crippen LogP contribution in [0, 0.1) is 20.8 Å². The van der Waals surface area contributed by atoms with E-state index in [0.717, 1.165) is 26.2 Å². The van der Waals surface area contributed by atoms with Gasteiger partial charge >= 0.3 is 5.97 Å². The fourth-order valence-electron chi connectivity index (χ4n) is 3.75. The van der Waals surface area contributed by atoms with Gasteiger partial charge in [0.25, 0.3) is 0 Å². The second-order valence-electron chi connectivity index (χ2n) is 7.50. The maximum absolute atomic E-state index is 12.5. The zero-order valence-corrected chi connectivity index (χ0v) is 18.8. The Morgan fingerprint density at radius 1 is 1.14 bits per heavy atom. The number of rotatable bonds is 8. The Balaban J connectivity index is 1.44. The molecule has 1 aliphatic carbocycles. The van der Waals surface area contributed by atoms with Gasteiger partial charge in [0, 0.05) is 11.6 Å². The summed E-state index contributed by atoms with van der Waals surface area (Å²) in [7, 11) is 0. The molecular formula is C21H27N3O3S2. The van der Waals surface area contributed by atoms with E-state index in [1.54, 1.807) is 0 Å². The summed E-state index contributed by atoms with van der Waals surface area (Å²) in [6.45, 7) is 5.56. The molecule has 0 radical (unpaired) electrons. The molecule has 6 nitrogen and oxygen atoms in total. The number of Topliss-reactive ketones (excluding diaryl/α,β-unsaturated/α-hetero) is 1. The zero-order chi connectivity index (χ0) is 20.8. The van der Waals surface area contributed by atoms with Crippen molar-refractivity contribution in [2.45, 2.75) is 63.3 Å². The summed E-state index contributed by atoms with van der Waals surface area (Å²) < 4.78 is 5.90. The number of nitrogens with one attached hydrogen (secondary N) is 1. The molecule has 1 fully saturated rings. The molecule has 0 amide bonds. The maximum Gasteiger partial charge on any atom is 0.316 e. The van der Waals surface area contributed by atoms with Crippen LogP contribution in [0.2, 0.25) is 0 Å². The van der Waals surface area contributed by atoms with Crippen LogP contribution in [0.5, 0.6) is 0 Å². The molecule has 2 aromatic rings. The molecule has 0 saturated heterocycles. The van der Waals surface area contributed by atoms with Crippen LogP contribution in [0.3, 0.4) is 0 Å². The molecule has 0 unspecified atom stereocenters. The molecule has 156 valence electrons. The Morgan fingerprint density at radius 3 is 2.52 bits per heavy atom. The van der Waals surface area contributed by atoms with Crippen molar-refractivity contribution >= 4 is 40.0 Å². The molecule has 1 heterocycles. The first-order chi connectivity index (χ1) is 13.9. The van der Waals surface area contributed by atoms with Crippen molar-refractivity contribution in [1.29, 1.82) is 0 Å². The Labute approximate surface area is 179 Å². The minimum atomic E-state index is -0.428. The van der Waals surface area contributed by atoms with Crippen molar-refractivity contribution in [2.75, 3.05) is 17.7 Å². The molecule has 1 N–H and O–H groups in total. The van der Waals surface area contributed by atoms with Gasteiger partial charge in [-0.05, 0) is 44.7 Å². The summed E-state index contributed by atoms with van der Waals surface area (Å²) in [5.74, 6) is -0.493. The molecule has 8 heteroatoms. The number of benzene rings is 1. The van der Waals surface area contributed by atoms with Crippen molar-refractivity contribution in [3.63, 3.8) is 0 Å². The van der Waals surface area contributed by atoms with E-state index in [1.165, 1.54) is 55.2 Å². The Bertz CT molecular complexity index is 853. The van der Waals surface area contributed by atoms with Gasteiger partial charge in [-0.2, -0.15) is 0 Å². The Hall–Kier alpha value is -1.93. The van der Waals surface area contributed by atoms with Gasteiger partial charge < -0.3 is 10.1 Å². The summed E-state index contributed by atoms with van der Waals surface area (Å²) in [5, 5.41) is 12.5. The number of aromatic nitrogens is 2. The third-order valence-electron chi connectivity index (χ3n) is 4.97. The van der Waals surface area contributed by atoms with Crippen LogP contribution in [0.25, 0.3) is 0 Å². The third-order valence-corrected chi connectivity index (χ3v) is 6.93. The molecule has 1 aromatic heterocycles. The zero-order valence-electron chi connectivity index (χ0n) is 17.1. The topological polar surface area (TPSA) is 81.2 Å². The highest BCUT2D eigenvalue weighted by molar-refractivity contribution is 8.01. The van der Waals surface area contributed by atoms with Gasteiger partial charge in [-0.15, -0.1) is 10.2 Å². The van der Waals surface area contributed by atoms with E-state index in [9.17, 15) is 9.59 Å². The average molecular weight is 434 g/mol. The van der Waals surface area contributed by atoms with E-state index in [-0.39, 0.29) is 18.1 Å². The lowest BCUT2D eigenvalue weighted by molar-refractivity contribution is -0.139. The minimum Gasteiger partial charge on any atom is -0.457 e. The lowest BCUT2D eigenvalue weighted by Gasteiger charge is -2.21. The molecule has 0 aliphatic heterocycles. The van der Waals surface area contributed by atoms with E-state index in [1.807, 2.05) is 32.9 Å². The van der Waals surface area contributed by atoms with Crippen molar-refractivity contribution in [1.82, 2.24) is 10.2 Å². The lowest BCUT2D eigenvalue weighted by Crippen LogP contribution is -2.21. The number of thioether (sulfide) groups is 1. The van der Waals surface area contributed by atoms with E-state index in [2.05, 4.69) is 15.5 Å². The van der Waals surface area contributed by atoms with Crippen LogP contribution in [0.1, 0.15) is 59.2 Å². The number of carbonyl (C=O) groups is 2. The normalized spacial score (nSPS) is 14.6. The average Bonchev–Trinajstić information content (AvgIpc) is 3.12. The van der Waals surface area contributed by atoms with Crippen LogP contribution in [0.4, 0.5) is 5.13 Å². The lowest BCUT2D eigenvalue weighted by atomic mass is 9.96. The van der Waals surface area contributed by atoms with Gasteiger partial charge in [0.1, 0.15) is 0 Å². The van der Waals surface area contributed by atoms with E-state index >= 15 is 0 Å². The number of ketones is 1. The highest BCUT2D eigenvalue weighted by Gasteiger charge is 2.17. The summed E-state index contributed by atoms with van der Waals surface area (Å²) in [5.41, 5.74) is 3.56. The van der Waals surface area contributed by atoms with Crippen molar-refractivity contribution in [2.24, 2.45) is 0 Å². The van der Waals surface area contributed by atoms with Crippen molar-refractivity contribution < 1.29 is 14.3 Å². The second kappa shape index (κ2) is 10.2.